The Labute approximate surface area is 120 Å². The molecule has 19 heavy (non-hydrogen) atoms. The molecule has 0 radical (unpaired) electrons. The van der Waals surface area contributed by atoms with Crippen LogP contribution in [0.25, 0.3) is 10.9 Å². The molecule has 3 aromatic rings. The van der Waals surface area contributed by atoms with Crippen molar-refractivity contribution in [3.05, 3.63) is 52.8 Å². The SMILES string of the molecule is Cc1cc(N(C)c2c[nH]c3ccccc23)ncc1Br. The third-order valence-corrected chi connectivity index (χ3v) is 4.14. The number of pyridine rings is 1. The summed E-state index contributed by atoms with van der Waals surface area (Å²) in [6.45, 7) is 2.07. The Morgan fingerprint density at radius 3 is 2.84 bits per heavy atom. The van der Waals surface area contributed by atoms with Crippen LogP contribution in [0.3, 0.4) is 0 Å². The monoisotopic (exact) mass is 315 g/mol. The number of nitrogens with one attached hydrogen (secondary N) is 1. The van der Waals surface area contributed by atoms with E-state index < -0.39 is 0 Å². The molecule has 0 aliphatic rings. The molecule has 3 nitrogen and oxygen atoms in total. The summed E-state index contributed by atoms with van der Waals surface area (Å²) in [5.41, 5.74) is 3.44. The number of aromatic nitrogens is 2. The first kappa shape index (κ1) is 12.2. The van der Waals surface area contributed by atoms with Gasteiger partial charge in [-0.3, -0.25) is 0 Å². The van der Waals surface area contributed by atoms with Gasteiger partial charge in [0.05, 0.1) is 5.69 Å². The van der Waals surface area contributed by atoms with Crippen LogP contribution in [-0.4, -0.2) is 17.0 Å². The molecule has 2 heterocycles. The molecule has 0 unspecified atom stereocenters. The standard InChI is InChI=1S/C15H14BrN3/c1-10-7-15(18-8-12(10)16)19(2)14-9-17-13-6-4-3-5-11(13)14/h3-9,17H,1-2H3. The first-order chi connectivity index (χ1) is 9.16. The maximum atomic E-state index is 4.47. The second-order valence-corrected chi connectivity index (χ2v) is 5.42. The van der Waals surface area contributed by atoms with Gasteiger partial charge < -0.3 is 9.88 Å². The number of hydrogen-bond donors (Lipinski definition) is 1. The summed E-state index contributed by atoms with van der Waals surface area (Å²) in [6, 6.07) is 10.3. The van der Waals surface area contributed by atoms with Crippen LogP contribution in [0.2, 0.25) is 0 Å². The van der Waals surface area contributed by atoms with Crippen molar-refractivity contribution in [1.82, 2.24) is 9.97 Å². The zero-order chi connectivity index (χ0) is 13.4. The van der Waals surface area contributed by atoms with Gasteiger partial charge in [0.25, 0.3) is 0 Å². The highest BCUT2D eigenvalue weighted by Gasteiger charge is 2.11. The number of para-hydroxylation sites is 1. The smallest absolute Gasteiger partial charge is 0.133 e. The molecule has 4 heteroatoms. The van der Waals surface area contributed by atoms with E-state index in [4.69, 9.17) is 0 Å². The van der Waals surface area contributed by atoms with Crippen molar-refractivity contribution < 1.29 is 0 Å². The van der Waals surface area contributed by atoms with Gasteiger partial charge in [0.2, 0.25) is 0 Å². The highest BCUT2D eigenvalue weighted by molar-refractivity contribution is 9.10. The molecule has 1 aromatic carbocycles. The quantitative estimate of drug-likeness (QED) is 0.760. The van der Waals surface area contributed by atoms with Crippen LogP contribution >= 0.6 is 15.9 Å². The summed E-state index contributed by atoms with van der Waals surface area (Å²) in [4.78, 5) is 9.85. The highest BCUT2D eigenvalue weighted by atomic mass is 79.9. The fraction of sp³-hybridized carbons (Fsp3) is 0.133. The van der Waals surface area contributed by atoms with Crippen LogP contribution in [0.5, 0.6) is 0 Å². The number of anilines is 2. The van der Waals surface area contributed by atoms with Gasteiger partial charge in [0.1, 0.15) is 5.82 Å². The number of benzene rings is 1. The van der Waals surface area contributed by atoms with Gasteiger partial charge in [-0.1, -0.05) is 18.2 Å². The summed E-state index contributed by atoms with van der Waals surface area (Å²) in [6.07, 6.45) is 3.86. The van der Waals surface area contributed by atoms with Crippen LogP contribution < -0.4 is 4.90 Å². The van der Waals surface area contributed by atoms with Gasteiger partial charge in [-0.25, -0.2) is 4.98 Å². The summed E-state index contributed by atoms with van der Waals surface area (Å²) in [5.74, 6) is 0.936. The van der Waals surface area contributed by atoms with Crippen molar-refractivity contribution in [3.8, 4) is 0 Å². The Hall–Kier alpha value is -1.81. The average Bonchev–Trinajstić information content (AvgIpc) is 2.85. The van der Waals surface area contributed by atoms with Crippen LogP contribution in [-0.2, 0) is 0 Å². The Morgan fingerprint density at radius 2 is 2.05 bits per heavy atom. The molecule has 2 aromatic heterocycles. The summed E-state index contributed by atoms with van der Waals surface area (Å²) >= 11 is 3.48. The van der Waals surface area contributed by atoms with Gasteiger partial charge in [-0.15, -0.1) is 0 Å². The van der Waals surface area contributed by atoms with E-state index in [1.807, 2.05) is 31.6 Å². The van der Waals surface area contributed by atoms with Crippen molar-refractivity contribution in [2.24, 2.45) is 0 Å². The lowest BCUT2D eigenvalue weighted by Gasteiger charge is -2.18. The summed E-state index contributed by atoms with van der Waals surface area (Å²) in [7, 11) is 2.03. The predicted molar refractivity (Wildman–Crippen MR) is 83.0 cm³/mol. The lowest BCUT2D eigenvalue weighted by molar-refractivity contribution is 1.12. The first-order valence-corrected chi connectivity index (χ1v) is 6.88. The minimum Gasteiger partial charge on any atom is -0.359 e. The number of nitrogens with zero attached hydrogens (tertiary/aromatic N) is 2. The van der Waals surface area contributed by atoms with E-state index in [-0.39, 0.29) is 0 Å². The molecular weight excluding hydrogens is 302 g/mol. The maximum absolute atomic E-state index is 4.47. The van der Waals surface area contributed by atoms with E-state index in [1.54, 1.807) is 0 Å². The van der Waals surface area contributed by atoms with E-state index in [1.165, 1.54) is 10.9 Å². The predicted octanol–water partition coefficient (Wildman–Crippen LogP) is 4.40. The topological polar surface area (TPSA) is 31.9 Å². The van der Waals surface area contributed by atoms with E-state index in [0.717, 1.165) is 21.5 Å². The van der Waals surface area contributed by atoms with Gasteiger partial charge in [0.15, 0.2) is 0 Å². The van der Waals surface area contributed by atoms with Crippen LogP contribution in [0.4, 0.5) is 11.5 Å². The molecule has 0 aliphatic heterocycles. The Bertz CT molecular complexity index is 733. The molecule has 0 atom stereocenters. The number of hydrogen-bond acceptors (Lipinski definition) is 2. The molecule has 0 amide bonds. The first-order valence-electron chi connectivity index (χ1n) is 6.09. The van der Waals surface area contributed by atoms with E-state index in [9.17, 15) is 0 Å². The van der Waals surface area contributed by atoms with Crippen molar-refractivity contribution in [2.45, 2.75) is 6.92 Å². The molecule has 0 aliphatic carbocycles. The van der Waals surface area contributed by atoms with Crippen LogP contribution in [0, 0.1) is 6.92 Å². The van der Waals surface area contributed by atoms with Crippen LogP contribution in [0.1, 0.15) is 5.56 Å². The zero-order valence-corrected chi connectivity index (χ0v) is 12.4. The largest absolute Gasteiger partial charge is 0.359 e. The number of H-pyrrole nitrogens is 1. The molecule has 96 valence electrons. The van der Waals surface area contributed by atoms with Crippen LogP contribution in [0.15, 0.2) is 47.2 Å². The second kappa shape index (κ2) is 4.70. The Balaban J connectivity index is 2.08. The maximum Gasteiger partial charge on any atom is 0.133 e. The fourth-order valence-corrected chi connectivity index (χ4v) is 2.38. The Morgan fingerprint density at radius 1 is 1.26 bits per heavy atom. The lowest BCUT2D eigenvalue weighted by Crippen LogP contribution is -2.10. The number of fused-ring (bicyclic) bond motifs is 1. The zero-order valence-electron chi connectivity index (χ0n) is 10.8. The minimum absolute atomic E-state index is 0.936. The molecule has 0 fully saturated rings. The number of aryl methyl sites for hydroxylation is 1. The molecule has 0 spiro atoms. The molecule has 0 bridgehead atoms. The van der Waals surface area contributed by atoms with Gasteiger partial charge in [-0.05, 0) is 40.5 Å². The summed E-state index contributed by atoms with van der Waals surface area (Å²) in [5, 5.41) is 1.20. The second-order valence-electron chi connectivity index (χ2n) is 4.57. The number of halogens is 1. The number of rotatable bonds is 2. The summed E-state index contributed by atoms with van der Waals surface area (Å²) < 4.78 is 1.03. The normalized spacial score (nSPS) is 10.9. The molecule has 1 N–H and O–H groups in total. The van der Waals surface area contributed by atoms with Crippen molar-refractivity contribution in [3.63, 3.8) is 0 Å². The van der Waals surface area contributed by atoms with Gasteiger partial charge >= 0.3 is 0 Å². The van der Waals surface area contributed by atoms with E-state index in [2.05, 4.69) is 55.9 Å². The van der Waals surface area contributed by atoms with E-state index in [0.29, 0.717) is 0 Å². The van der Waals surface area contributed by atoms with E-state index >= 15 is 0 Å². The van der Waals surface area contributed by atoms with Crippen molar-refractivity contribution in [2.75, 3.05) is 11.9 Å². The molecule has 0 saturated carbocycles. The number of aromatic amines is 1. The third kappa shape index (κ3) is 2.12. The minimum atomic E-state index is 0.936. The fourth-order valence-electron chi connectivity index (χ4n) is 2.17. The van der Waals surface area contributed by atoms with Crippen molar-refractivity contribution in [1.29, 1.82) is 0 Å². The Kier molecular flexibility index (Phi) is 3.03. The average molecular weight is 316 g/mol. The van der Waals surface area contributed by atoms with Crippen molar-refractivity contribution >= 4 is 38.3 Å². The third-order valence-electron chi connectivity index (χ3n) is 3.30. The molecule has 3 rings (SSSR count). The molecule has 0 saturated heterocycles. The lowest BCUT2D eigenvalue weighted by atomic mass is 10.2. The van der Waals surface area contributed by atoms with Gasteiger partial charge in [-0.2, -0.15) is 0 Å². The molecular formula is C15H14BrN3. The highest BCUT2D eigenvalue weighted by Crippen LogP contribution is 2.31. The van der Waals surface area contributed by atoms with Gasteiger partial charge in [0, 0.05) is 34.8 Å².